The van der Waals surface area contributed by atoms with E-state index in [1.165, 1.54) is 6.08 Å². The van der Waals surface area contributed by atoms with Crippen LogP contribution in [0.2, 0.25) is 0 Å². The Balaban J connectivity index is 2.19. The van der Waals surface area contributed by atoms with E-state index in [4.69, 9.17) is 19.3 Å². The van der Waals surface area contributed by atoms with Crippen molar-refractivity contribution in [2.24, 2.45) is 0 Å². The molecular formula is C15H18O5. The summed E-state index contributed by atoms with van der Waals surface area (Å²) in [5, 5.41) is 8.72. The highest BCUT2D eigenvalue weighted by molar-refractivity contribution is 5.86. The maximum atomic E-state index is 10.6. The molecule has 0 bridgehead atoms. The lowest BCUT2D eigenvalue weighted by molar-refractivity contribution is -0.131. The van der Waals surface area contributed by atoms with Gasteiger partial charge in [0.2, 0.25) is 0 Å². The van der Waals surface area contributed by atoms with Gasteiger partial charge in [-0.15, -0.1) is 0 Å². The summed E-state index contributed by atoms with van der Waals surface area (Å²) in [5.74, 6) is 0.325. The van der Waals surface area contributed by atoms with Gasteiger partial charge in [-0.1, -0.05) is 0 Å². The topological polar surface area (TPSA) is 65.0 Å². The Morgan fingerprint density at radius 3 is 2.80 bits per heavy atom. The summed E-state index contributed by atoms with van der Waals surface area (Å²) in [5.41, 5.74) is 0.722. The van der Waals surface area contributed by atoms with E-state index in [1.807, 2.05) is 0 Å². The maximum Gasteiger partial charge on any atom is 0.328 e. The van der Waals surface area contributed by atoms with E-state index in [0.29, 0.717) is 24.7 Å². The fourth-order valence-electron chi connectivity index (χ4n) is 2.02. The predicted octanol–water partition coefficient (Wildman–Crippen LogP) is 2.35. The second kappa shape index (κ2) is 6.96. The molecule has 1 aliphatic heterocycles. The molecule has 1 aromatic rings. The molecule has 0 saturated carbocycles. The minimum Gasteiger partial charge on any atom is -0.497 e. The van der Waals surface area contributed by atoms with E-state index in [-0.39, 0.29) is 6.10 Å². The average Bonchev–Trinajstić information content (AvgIpc) is 2.46. The Labute approximate surface area is 117 Å². The van der Waals surface area contributed by atoms with Crippen LogP contribution in [-0.4, -0.2) is 37.5 Å². The molecule has 1 fully saturated rings. The van der Waals surface area contributed by atoms with Gasteiger partial charge in [-0.25, -0.2) is 4.79 Å². The third kappa shape index (κ3) is 3.99. The molecule has 0 aromatic heterocycles. The number of methoxy groups -OCH3 is 1. The van der Waals surface area contributed by atoms with Crippen LogP contribution in [0, 0.1) is 0 Å². The predicted molar refractivity (Wildman–Crippen MR) is 74.1 cm³/mol. The van der Waals surface area contributed by atoms with Crippen molar-refractivity contribution in [3.8, 4) is 11.5 Å². The number of carboxylic acids is 1. The molecular weight excluding hydrogens is 260 g/mol. The Kier molecular flexibility index (Phi) is 5.01. The Bertz CT molecular complexity index is 489. The smallest absolute Gasteiger partial charge is 0.328 e. The standard InChI is InChI=1S/C15H18O5/c1-18-13-4-2-11(3-5-15(16)17)14(10-13)20-12-6-8-19-9-7-12/h2-5,10,12H,6-9H2,1H3,(H,16,17). The van der Waals surface area contributed by atoms with Gasteiger partial charge in [0.05, 0.1) is 20.3 Å². The zero-order chi connectivity index (χ0) is 14.4. The van der Waals surface area contributed by atoms with E-state index in [9.17, 15) is 4.79 Å². The minimum atomic E-state index is -0.988. The van der Waals surface area contributed by atoms with Crippen molar-refractivity contribution in [1.82, 2.24) is 0 Å². The molecule has 0 spiro atoms. The van der Waals surface area contributed by atoms with Gasteiger partial charge in [0.25, 0.3) is 0 Å². The van der Waals surface area contributed by atoms with Gasteiger partial charge in [-0.2, -0.15) is 0 Å². The zero-order valence-corrected chi connectivity index (χ0v) is 11.4. The highest BCUT2D eigenvalue weighted by Crippen LogP contribution is 2.28. The largest absolute Gasteiger partial charge is 0.497 e. The minimum absolute atomic E-state index is 0.0906. The molecule has 5 nitrogen and oxygen atoms in total. The summed E-state index contributed by atoms with van der Waals surface area (Å²) in [7, 11) is 1.58. The maximum absolute atomic E-state index is 10.6. The first-order chi connectivity index (χ1) is 9.69. The Morgan fingerprint density at radius 1 is 1.40 bits per heavy atom. The third-order valence-electron chi connectivity index (χ3n) is 3.09. The molecule has 1 aliphatic rings. The molecule has 2 rings (SSSR count). The second-order valence-corrected chi connectivity index (χ2v) is 4.50. The lowest BCUT2D eigenvalue weighted by Gasteiger charge is -2.24. The van der Waals surface area contributed by atoms with Gasteiger partial charge < -0.3 is 19.3 Å². The lowest BCUT2D eigenvalue weighted by Crippen LogP contribution is -2.26. The van der Waals surface area contributed by atoms with Crippen LogP contribution in [0.4, 0.5) is 0 Å². The summed E-state index contributed by atoms with van der Waals surface area (Å²) in [4.78, 5) is 10.6. The number of hydrogen-bond donors (Lipinski definition) is 1. The van der Waals surface area contributed by atoms with E-state index in [0.717, 1.165) is 24.5 Å². The molecule has 1 saturated heterocycles. The molecule has 1 N–H and O–H groups in total. The molecule has 0 amide bonds. The quantitative estimate of drug-likeness (QED) is 0.837. The van der Waals surface area contributed by atoms with E-state index >= 15 is 0 Å². The van der Waals surface area contributed by atoms with Crippen molar-refractivity contribution in [2.75, 3.05) is 20.3 Å². The van der Waals surface area contributed by atoms with Crippen molar-refractivity contribution in [3.63, 3.8) is 0 Å². The van der Waals surface area contributed by atoms with Crippen molar-refractivity contribution in [1.29, 1.82) is 0 Å². The van der Waals surface area contributed by atoms with Gasteiger partial charge in [0.15, 0.2) is 0 Å². The fraction of sp³-hybridized carbons (Fsp3) is 0.400. The van der Waals surface area contributed by atoms with Crippen LogP contribution in [0.3, 0.4) is 0 Å². The van der Waals surface area contributed by atoms with Gasteiger partial charge in [-0.3, -0.25) is 0 Å². The normalized spacial score (nSPS) is 16.2. The molecule has 5 heteroatoms. The summed E-state index contributed by atoms with van der Waals surface area (Å²) in [6, 6.07) is 5.34. The van der Waals surface area contributed by atoms with Gasteiger partial charge in [-0.05, 0) is 18.2 Å². The van der Waals surface area contributed by atoms with Crippen molar-refractivity contribution in [3.05, 3.63) is 29.8 Å². The van der Waals surface area contributed by atoms with E-state index in [2.05, 4.69) is 0 Å². The molecule has 1 aromatic carbocycles. The van der Waals surface area contributed by atoms with Crippen LogP contribution >= 0.6 is 0 Å². The number of rotatable bonds is 5. The van der Waals surface area contributed by atoms with Crippen molar-refractivity contribution >= 4 is 12.0 Å². The number of carboxylic acid groups (broad SMARTS) is 1. The molecule has 108 valence electrons. The SMILES string of the molecule is COc1ccc(C=CC(=O)O)c(OC2CCOCC2)c1. The molecule has 0 atom stereocenters. The fourth-order valence-corrected chi connectivity index (χ4v) is 2.02. The Morgan fingerprint density at radius 2 is 2.15 bits per heavy atom. The Hall–Kier alpha value is -2.01. The highest BCUT2D eigenvalue weighted by Gasteiger charge is 2.17. The van der Waals surface area contributed by atoms with Crippen LogP contribution in [0.1, 0.15) is 18.4 Å². The van der Waals surface area contributed by atoms with Crippen LogP contribution in [0.25, 0.3) is 6.08 Å². The van der Waals surface area contributed by atoms with Gasteiger partial charge in [0.1, 0.15) is 17.6 Å². The first kappa shape index (κ1) is 14.4. The van der Waals surface area contributed by atoms with E-state index in [1.54, 1.807) is 25.3 Å². The first-order valence-corrected chi connectivity index (χ1v) is 6.52. The number of ether oxygens (including phenoxy) is 3. The number of benzene rings is 1. The summed E-state index contributed by atoms with van der Waals surface area (Å²) in [6.45, 7) is 1.38. The third-order valence-corrected chi connectivity index (χ3v) is 3.09. The summed E-state index contributed by atoms with van der Waals surface area (Å²) >= 11 is 0. The first-order valence-electron chi connectivity index (χ1n) is 6.52. The van der Waals surface area contributed by atoms with Crippen LogP contribution < -0.4 is 9.47 Å². The summed E-state index contributed by atoms with van der Waals surface area (Å²) in [6.07, 6.45) is 4.38. The van der Waals surface area contributed by atoms with E-state index < -0.39 is 5.97 Å². The zero-order valence-electron chi connectivity index (χ0n) is 11.4. The van der Waals surface area contributed by atoms with Gasteiger partial charge >= 0.3 is 5.97 Å². The van der Waals surface area contributed by atoms with Crippen LogP contribution in [-0.2, 0) is 9.53 Å². The van der Waals surface area contributed by atoms with Gasteiger partial charge in [0, 0.05) is 30.5 Å². The van der Waals surface area contributed by atoms with Crippen molar-refractivity contribution < 1.29 is 24.1 Å². The van der Waals surface area contributed by atoms with Crippen molar-refractivity contribution in [2.45, 2.75) is 18.9 Å². The molecule has 0 unspecified atom stereocenters. The molecule has 0 radical (unpaired) electrons. The second-order valence-electron chi connectivity index (χ2n) is 4.50. The molecule has 0 aliphatic carbocycles. The van der Waals surface area contributed by atoms with Crippen LogP contribution in [0.5, 0.6) is 11.5 Å². The number of carbonyl (C=O) groups is 1. The monoisotopic (exact) mass is 278 g/mol. The summed E-state index contributed by atoms with van der Waals surface area (Å²) < 4.78 is 16.4. The molecule has 20 heavy (non-hydrogen) atoms. The number of aliphatic carboxylic acids is 1. The highest BCUT2D eigenvalue weighted by atomic mass is 16.5. The van der Waals surface area contributed by atoms with Crippen LogP contribution in [0.15, 0.2) is 24.3 Å². The molecule has 1 heterocycles. The average molecular weight is 278 g/mol. The number of hydrogen-bond acceptors (Lipinski definition) is 4. The lowest BCUT2D eigenvalue weighted by atomic mass is 10.1.